The van der Waals surface area contributed by atoms with E-state index in [2.05, 4.69) is 26.5 Å². The number of amides is 1. The molecule has 0 saturated carbocycles. The molecule has 0 radical (unpaired) electrons. The standard InChI is InChI=1S/C20H20N6O/c1-13-7-19(25-15(3)18(13)9-21)16-5-4-6-17(8-16)20(27)24-14(2)10-26-12-22-11-23-26/h4-8,11-12,14H,10H2,1-3H3,(H,24,27)/t14-/m1/s1. The first kappa shape index (κ1) is 18.3. The molecule has 0 spiro atoms. The van der Waals surface area contributed by atoms with Gasteiger partial charge in [-0.15, -0.1) is 0 Å². The molecule has 0 aliphatic carbocycles. The minimum Gasteiger partial charge on any atom is -0.348 e. The Bertz CT molecular complexity index is 981. The van der Waals surface area contributed by atoms with E-state index < -0.39 is 0 Å². The number of rotatable bonds is 5. The lowest BCUT2D eigenvalue weighted by molar-refractivity contribution is 0.0936. The topological polar surface area (TPSA) is 96.5 Å². The summed E-state index contributed by atoms with van der Waals surface area (Å²) in [5.41, 5.74) is 4.28. The highest BCUT2D eigenvalue weighted by Gasteiger charge is 2.13. The highest BCUT2D eigenvalue weighted by molar-refractivity contribution is 5.95. The van der Waals surface area contributed by atoms with Crippen LogP contribution in [-0.4, -0.2) is 31.7 Å². The number of hydrogen-bond acceptors (Lipinski definition) is 5. The predicted octanol–water partition coefficient (Wildman–Crippen LogP) is 2.65. The normalized spacial score (nSPS) is 11.6. The van der Waals surface area contributed by atoms with Crippen LogP contribution >= 0.6 is 0 Å². The van der Waals surface area contributed by atoms with Crippen LogP contribution in [0.4, 0.5) is 0 Å². The molecule has 0 unspecified atom stereocenters. The third-order valence-electron chi connectivity index (χ3n) is 4.23. The zero-order chi connectivity index (χ0) is 19.4. The fraction of sp³-hybridized carbons (Fsp3) is 0.250. The molecule has 1 aromatic carbocycles. The molecule has 7 heteroatoms. The van der Waals surface area contributed by atoms with Crippen molar-refractivity contribution < 1.29 is 4.79 Å². The van der Waals surface area contributed by atoms with Gasteiger partial charge in [0.15, 0.2) is 0 Å². The molecule has 0 bridgehead atoms. The third-order valence-corrected chi connectivity index (χ3v) is 4.23. The van der Waals surface area contributed by atoms with Gasteiger partial charge in [0.25, 0.3) is 5.91 Å². The van der Waals surface area contributed by atoms with Gasteiger partial charge in [0.2, 0.25) is 0 Å². The lowest BCUT2D eigenvalue weighted by Gasteiger charge is -2.14. The number of carbonyl (C=O) groups is 1. The first-order valence-electron chi connectivity index (χ1n) is 8.60. The van der Waals surface area contributed by atoms with Gasteiger partial charge >= 0.3 is 0 Å². The molecule has 2 heterocycles. The molecule has 0 fully saturated rings. The fourth-order valence-corrected chi connectivity index (χ4v) is 2.93. The van der Waals surface area contributed by atoms with Crippen LogP contribution in [0.25, 0.3) is 11.3 Å². The summed E-state index contributed by atoms with van der Waals surface area (Å²) in [4.78, 5) is 21.0. The van der Waals surface area contributed by atoms with Crippen molar-refractivity contribution in [2.45, 2.75) is 33.4 Å². The molecule has 0 aliphatic heterocycles. The van der Waals surface area contributed by atoms with Crippen LogP contribution in [0.2, 0.25) is 0 Å². The monoisotopic (exact) mass is 360 g/mol. The fourth-order valence-electron chi connectivity index (χ4n) is 2.93. The summed E-state index contributed by atoms with van der Waals surface area (Å²) in [6.07, 6.45) is 3.08. The van der Waals surface area contributed by atoms with Gasteiger partial charge in [-0.25, -0.2) is 4.98 Å². The van der Waals surface area contributed by atoms with Crippen molar-refractivity contribution >= 4 is 5.91 Å². The predicted molar refractivity (Wildman–Crippen MR) is 101 cm³/mol. The Morgan fingerprint density at radius 1 is 1.33 bits per heavy atom. The van der Waals surface area contributed by atoms with Crippen LogP contribution in [0.5, 0.6) is 0 Å². The maximum Gasteiger partial charge on any atom is 0.251 e. The van der Waals surface area contributed by atoms with Crippen LogP contribution < -0.4 is 5.32 Å². The maximum absolute atomic E-state index is 12.6. The van der Waals surface area contributed by atoms with E-state index >= 15 is 0 Å². The Hall–Kier alpha value is -3.53. The van der Waals surface area contributed by atoms with Crippen LogP contribution in [-0.2, 0) is 6.54 Å². The first-order valence-corrected chi connectivity index (χ1v) is 8.60. The number of benzene rings is 1. The van der Waals surface area contributed by atoms with Gasteiger partial charge in [0, 0.05) is 17.2 Å². The van der Waals surface area contributed by atoms with E-state index in [4.69, 9.17) is 0 Å². The summed E-state index contributed by atoms with van der Waals surface area (Å²) in [6.45, 7) is 6.16. The Kier molecular flexibility index (Phi) is 5.27. The highest BCUT2D eigenvalue weighted by atomic mass is 16.1. The number of nitrogens with zero attached hydrogens (tertiary/aromatic N) is 5. The number of carbonyl (C=O) groups excluding carboxylic acids is 1. The number of hydrogen-bond donors (Lipinski definition) is 1. The molecular weight excluding hydrogens is 340 g/mol. The molecule has 1 atom stereocenters. The van der Waals surface area contributed by atoms with Gasteiger partial charge in [-0.1, -0.05) is 12.1 Å². The van der Waals surface area contributed by atoms with Crippen LogP contribution in [0.15, 0.2) is 43.0 Å². The number of pyridine rings is 1. The first-order chi connectivity index (χ1) is 13.0. The van der Waals surface area contributed by atoms with Crippen LogP contribution in [0.1, 0.15) is 34.1 Å². The van der Waals surface area contributed by atoms with Crippen molar-refractivity contribution in [3.8, 4) is 17.3 Å². The molecule has 136 valence electrons. The molecular formula is C20H20N6O. The molecule has 1 N–H and O–H groups in total. The van der Waals surface area contributed by atoms with E-state index in [1.165, 1.54) is 6.33 Å². The van der Waals surface area contributed by atoms with Gasteiger partial charge in [-0.3, -0.25) is 14.5 Å². The molecule has 0 aliphatic rings. The maximum atomic E-state index is 12.6. The molecule has 1 amide bonds. The quantitative estimate of drug-likeness (QED) is 0.754. The van der Waals surface area contributed by atoms with E-state index in [0.29, 0.717) is 23.4 Å². The van der Waals surface area contributed by atoms with E-state index in [1.807, 2.05) is 45.0 Å². The lowest BCUT2D eigenvalue weighted by Crippen LogP contribution is -2.35. The van der Waals surface area contributed by atoms with Crippen molar-refractivity contribution in [1.29, 1.82) is 5.26 Å². The molecule has 2 aromatic heterocycles. The van der Waals surface area contributed by atoms with Gasteiger partial charge in [0.05, 0.1) is 23.5 Å². The van der Waals surface area contributed by atoms with E-state index in [1.54, 1.807) is 17.1 Å². The number of aryl methyl sites for hydroxylation is 2. The van der Waals surface area contributed by atoms with E-state index in [9.17, 15) is 10.1 Å². The molecule has 7 nitrogen and oxygen atoms in total. The van der Waals surface area contributed by atoms with E-state index in [0.717, 1.165) is 16.8 Å². The van der Waals surface area contributed by atoms with Crippen LogP contribution in [0, 0.1) is 25.2 Å². The Morgan fingerprint density at radius 2 is 2.15 bits per heavy atom. The molecule has 27 heavy (non-hydrogen) atoms. The average molecular weight is 360 g/mol. The van der Waals surface area contributed by atoms with Crippen molar-refractivity contribution in [2.75, 3.05) is 0 Å². The zero-order valence-corrected chi connectivity index (χ0v) is 15.5. The summed E-state index contributed by atoms with van der Waals surface area (Å²) in [7, 11) is 0. The summed E-state index contributed by atoms with van der Waals surface area (Å²) in [5.74, 6) is -0.161. The van der Waals surface area contributed by atoms with Crippen LogP contribution in [0.3, 0.4) is 0 Å². The molecule has 3 aromatic rings. The van der Waals surface area contributed by atoms with Gasteiger partial charge < -0.3 is 5.32 Å². The van der Waals surface area contributed by atoms with Gasteiger partial charge in [-0.05, 0) is 44.5 Å². The second kappa shape index (κ2) is 7.79. The van der Waals surface area contributed by atoms with Gasteiger partial charge in [-0.2, -0.15) is 10.4 Å². The number of nitriles is 1. The van der Waals surface area contributed by atoms with Gasteiger partial charge in [0.1, 0.15) is 18.7 Å². The summed E-state index contributed by atoms with van der Waals surface area (Å²) in [6, 6.07) is 11.3. The second-order valence-electron chi connectivity index (χ2n) is 6.47. The lowest BCUT2D eigenvalue weighted by atomic mass is 10.0. The number of nitrogens with one attached hydrogen (secondary N) is 1. The largest absolute Gasteiger partial charge is 0.348 e. The van der Waals surface area contributed by atoms with Crippen molar-refractivity contribution in [3.63, 3.8) is 0 Å². The smallest absolute Gasteiger partial charge is 0.251 e. The van der Waals surface area contributed by atoms with E-state index in [-0.39, 0.29) is 11.9 Å². The zero-order valence-electron chi connectivity index (χ0n) is 15.5. The highest BCUT2D eigenvalue weighted by Crippen LogP contribution is 2.22. The number of aromatic nitrogens is 4. The Balaban J connectivity index is 1.79. The SMILES string of the molecule is Cc1cc(-c2cccc(C(=O)N[C@H](C)Cn3cncn3)c2)nc(C)c1C#N. The second-order valence-corrected chi connectivity index (χ2v) is 6.47. The summed E-state index contributed by atoms with van der Waals surface area (Å²) in [5, 5.41) is 16.2. The van der Waals surface area contributed by atoms with Crippen molar-refractivity contribution in [1.82, 2.24) is 25.1 Å². The molecule has 0 saturated heterocycles. The Labute approximate surface area is 157 Å². The minimum absolute atomic E-state index is 0.0969. The summed E-state index contributed by atoms with van der Waals surface area (Å²) >= 11 is 0. The average Bonchev–Trinajstić information content (AvgIpc) is 3.14. The molecule has 3 rings (SSSR count). The Morgan fingerprint density at radius 3 is 2.81 bits per heavy atom. The van der Waals surface area contributed by atoms with Crippen molar-refractivity contribution in [3.05, 3.63) is 65.4 Å². The summed E-state index contributed by atoms with van der Waals surface area (Å²) < 4.78 is 1.67. The minimum atomic E-state index is -0.161. The third kappa shape index (κ3) is 4.18. The van der Waals surface area contributed by atoms with Crippen molar-refractivity contribution in [2.24, 2.45) is 0 Å².